The van der Waals surface area contributed by atoms with E-state index in [2.05, 4.69) is 34.8 Å². The van der Waals surface area contributed by atoms with Crippen LogP contribution < -0.4 is 10.3 Å². The molecule has 0 aliphatic carbocycles. The zero-order valence-corrected chi connectivity index (χ0v) is 16.8. The summed E-state index contributed by atoms with van der Waals surface area (Å²) in [5.41, 5.74) is 4.88. The normalized spacial score (nSPS) is 15.4. The van der Waals surface area contributed by atoms with Crippen LogP contribution in [0.5, 0.6) is 0 Å². The number of para-hydroxylation sites is 1. The highest BCUT2D eigenvalue weighted by Gasteiger charge is 2.27. The monoisotopic (exact) mass is 401 g/mol. The van der Waals surface area contributed by atoms with Crippen LogP contribution in [0.2, 0.25) is 5.02 Å². The van der Waals surface area contributed by atoms with Gasteiger partial charge in [-0.25, -0.2) is 4.79 Å². The first-order valence-corrected chi connectivity index (χ1v) is 9.93. The Morgan fingerprint density at radius 3 is 2.50 bits per heavy atom. The molecule has 0 bridgehead atoms. The Balaban J connectivity index is 1.65. The zero-order chi connectivity index (χ0) is 19.8. The molecule has 0 saturated carbocycles. The summed E-state index contributed by atoms with van der Waals surface area (Å²) in [6.07, 6.45) is 0. The predicted octanol–water partition coefficient (Wildman–Crippen LogP) is 2.03. The summed E-state index contributed by atoms with van der Waals surface area (Å²) in [6, 6.07) is 17.8. The van der Waals surface area contributed by atoms with Crippen LogP contribution in [0.3, 0.4) is 0 Å². The molecule has 1 fully saturated rings. The molecule has 7 heteroatoms. The molecule has 148 valence electrons. The Hall–Kier alpha value is -2.57. The Labute approximate surface area is 170 Å². The number of nitrogens with one attached hydrogen (secondary N) is 2. The van der Waals surface area contributed by atoms with Gasteiger partial charge in [-0.1, -0.05) is 54.1 Å². The third-order valence-corrected chi connectivity index (χ3v) is 5.01. The first kappa shape index (κ1) is 20.2. The van der Waals surface area contributed by atoms with Gasteiger partial charge in [0.15, 0.2) is 0 Å². The quantitative estimate of drug-likeness (QED) is 0.348. The maximum absolute atomic E-state index is 12.4. The Morgan fingerprint density at radius 1 is 1.14 bits per heavy atom. The number of esters is 1. The minimum atomic E-state index is -0.423. The number of carbonyl (C=O) groups excluding carboxylic acids is 1. The average Bonchev–Trinajstić information content (AvgIpc) is 2.71. The molecule has 1 aliphatic heterocycles. The first-order chi connectivity index (χ1) is 13.7. The number of benzene rings is 2. The van der Waals surface area contributed by atoms with Crippen molar-refractivity contribution in [2.45, 2.75) is 13.5 Å². The molecule has 1 heterocycles. The molecule has 28 heavy (non-hydrogen) atoms. The molecule has 2 aromatic rings. The van der Waals surface area contributed by atoms with Crippen molar-refractivity contribution in [1.82, 2.24) is 4.90 Å². The van der Waals surface area contributed by atoms with Crippen LogP contribution in [0.4, 0.5) is 5.69 Å². The lowest BCUT2D eigenvalue weighted by Gasteiger charge is -2.33. The summed E-state index contributed by atoms with van der Waals surface area (Å²) in [4.78, 5) is 15.9. The zero-order valence-electron chi connectivity index (χ0n) is 16.0. The third kappa shape index (κ3) is 5.47. The van der Waals surface area contributed by atoms with E-state index in [1.807, 2.05) is 29.2 Å². The number of quaternary nitrogens is 1. The largest absolute Gasteiger partial charge is 0.460 e. The molecule has 0 radical (unpaired) electrons. The summed E-state index contributed by atoms with van der Waals surface area (Å²) in [6.45, 7) is 6.42. The van der Waals surface area contributed by atoms with Crippen LogP contribution in [-0.4, -0.2) is 49.5 Å². The SMILES string of the molecule is CCOC(=O)/C(=N\Nc1ccccc1Cl)N1CC[NH+](Cc2ccccc2)CC1. The van der Waals surface area contributed by atoms with E-state index in [1.165, 1.54) is 10.5 Å². The van der Waals surface area contributed by atoms with Gasteiger partial charge in [-0.2, -0.15) is 0 Å². The van der Waals surface area contributed by atoms with Crippen molar-refractivity contribution in [3.63, 3.8) is 0 Å². The molecule has 2 N–H and O–H groups in total. The van der Waals surface area contributed by atoms with Crippen molar-refractivity contribution in [3.05, 3.63) is 65.2 Å². The minimum absolute atomic E-state index is 0.292. The second kappa shape index (κ2) is 10.1. The molecule has 0 unspecified atom stereocenters. The second-order valence-electron chi connectivity index (χ2n) is 6.65. The fourth-order valence-electron chi connectivity index (χ4n) is 3.20. The van der Waals surface area contributed by atoms with Crippen molar-refractivity contribution < 1.29 is 14.4 Å². The van der Waals surface area contributed by atoms with E-state index in [0.29, 0.717) is 23.2 Å². The van der Waals surface area contributed by atoms with Crippen LogP contribution in [0, 0.1) is 0 Å². The van der Waals surface area contributed by atoms with E-state index in [-0.39, 0.29) is 0 Å². The van der Waals surface area contributed by atoms with Gasteiger partial charge in [-0.05, 0) is 19.1 Å². The maximum atomic E-state index is 12.4. The van der Waals surface area contributed by atoms with Gasteiger partial charge in [0.2, 0.25) is 5.84 Å². The van der Waals surface area contributed by atoms with E-state index < -0.39 is 5.97 Å². The maximum Gasteiger partial charge on any atom is 0.376 e. The van der Waals surface area contributed by atoms with E-state index in [4.69, 9.17) is 16.3 Å². The minimum Gasteiger partial charge on any atom is -0.460 e. The summed E-state index contributed by atoms with van der Waals surface area (Å²) >= 11 is 6.17. The Morgan fingerprint density at radius 2 is 1.82 bits per heavy atom. The first-order valence-electron chi connectivity index (χ1n) is 9.55. The molecular formula is C21H26ClN4O2+. The second-order valence-corrected chi connectivity index (χ2v) is 7.05. The molecule has 6 nitrogen and oxygen atoms in total. The number of hydrogen-bond acceptors (Lipinski definition) is 4. The number of piperazine rings is 1. The molecule has 0 amide bonds. The molecule has 0 spiro atoms. The van der Waals surface area contributed by atoms with Gasteiger partial charge in [0.25, 0.3) is 0 Å². The third-order valence-electron chi connectivity index (χ3n) is 4.68. The standard InChI is InChI=1S/C21H25ClN4O2/c1-2-28-21(27)20(24-23-19-11-7-6-10-18(19)22)26-14-12-25(13-15-26)16-17-8-4-3-5-9-17/h3-11,23H,2,12-16H2,1H3/p+1/b24-20+. The highest BCUT2D eigenvalue weighted by atomic mass is 35.5. The van der Waals surface area contributed by atoms with Crippen LogP contribution in [-0.2, 0) is 16.1 Å². The number of amidine groups is 1. The van der Waals surface area contributed by atoms with Crippen LogP contribution in [0.15, 0.2) is 59.7 Å². The van der Waals surface area contributed by atoms with Crippen molar-refractivity contribution >= 4 is 29.1 Å². The van der Waals surface area contributed by atoms with E-state index >= 15 is 0 Å². The number of nitrogens with zero attached hydrogens (tertiary/aromatic N) is 2. The number of hydrazone groups is 1. The molecule has 0 atom stereocenters. The summed E-state index contributed by atoms with van der Waals surface area (Å²) in [5.74, 6) is -0.130. The predicted molar refractivity (Wildman–Crippen MR) is 112 cm³/mol. The molecule has 1 aliphatic rings. The van der Waals surface area contributed by atoms with Crippen LogP contribution in [0.1, 0.15) is 12.5 Å². The summed E-state index contributed by atoms with van der Waals surface area (Å²) in [7, 11) is 0. The molecule has 1 saturated heterocycles. The number of halogens is 1. The number of carbonyl (C=O) groups is 1. The lowest BCUT2D eigenvalue weighted by Crippen LogP contribution is -3.13. The van der Waals surface area contributed by atoms with Gasteiger partial charge in [0.1, 0.15) is 6.54 Å². The fourth-order valence-corrected chi connectivity index (χ4v) is 3.38. The van der Waals surface area contributed by atoms with Crippen molar-refractivity contribution in [2.24, 2.45) is 5.10 Å². The smallest absolute Gasteiger partial charge is 0.376 e. The number of anilines is 1. The van der Waals surface area contributed by atoms with E-state index in [9.17, 15) is 4.79 Å². The topological polar surface area (TPSA) is 58.4 Å². The Kier molecular flexibility index (Phi) is 7.28. The fraction of sp³-hybridized carbons (Fsp3) is 0.333. The molecule has 3 rings (SSSR count). The van der Waals surface area contributed by atoms with Crippen molar-refractivity contribution in [1.29, 1.82) is 0 Å². The molecule has 2 aromatic carbocycles. The van der Waals surface area contributed by atoms with Crippen LogP contribution >= 0.6 is 11.6 Å². The van der Waals surface area contributed by atoms with Crippen molar-refractivity contribution in [2.75, 3.05) is 38.2 Å². The summed E-state index contributed by atoms with van der Waals surface area (Å²) < 4.78 is 5.21. The van der Waals surface area contributed by atoms with Gasteiger partial charge in [-0.3, -0.25) is 5.43 Å². The van der Waals surface area contributed by atoms with Crippen LogP contribution in [0.25, 0.3) is 0 Å². The highest BCUT2D eigenvalue weighted by molar-refractivity contribution is 6.35. The Bertz CT molecular complexity index is 805. The number of rotatable bonds is 5. The van der Waals surface area contributed by atoms with Gasteiger partial charge in [0, 0.05) is 5.56 Å². The van der Waals surface area contributed by atoms with Crippen molar-refractivity contribution in [3.8, 4) is 0 Å². The molecule has 0 aromatic heterocycles. The average molecular weight is 402 g/mol. The van der Waals surface area contributed by atoms with E-state index in [1.54, 1.807) is 13.0 Å². The van der Waals surface area contributed by atoms with Gasteiger partial charge in [-0.15, -0.1) is 5.10 Å². The molecular weight excluding hydrogens is 376 g/mol. The number of ether oxygens (including phenoxy) is 1. The lowest BCUT2D eigenvalue weighted by atomic mass is 10.2. The lowest BCUT2D eigenvalue weighted by molar-refractivity contribution is -0.917. The van der Waals surface area contributed by atoms with E-state index in [0.717, 1.165) is 32.7 Å². The van der Waals surface area contributed by atoms with Gasteiger partial charge < -0.3 is 14.5 Å². The number of hydrogen-bond donors (Lipinski definition) is 2. The highest BCUT2D eigenvalue weighted by Crippen LogP contribution is 2.20. The van der Waals surface area contributed by atoms with Gasteiger partial charge in [0.05, 0.1) is 43.5 Å². The summed E-state index contributed by atoms with van der Waals surface area (Å²) in [5, 5.41) is 4.88. The van der Waals surface area contributed by atoms with Gasteiger partial charge >= 0.3 is 5.97 Å².